The van der Waals surface area contributed by atoms with Crippen LogP contribution in [0.4, 0.5) is 0 Å². The maximum absolute atomic E-state index is 8.60. The van der Waals surface area contributed by atoms with Crippen molar-refractivity contribution in [2.24, 2.45) is 5.41 Å². The zero-order chi connectivity index (χ0) is 33.2. The molecule has 46 heavy (non-hydrogen) atoms. The summed E-state index contributed by atoms with van der Waals surface area (Å²) in [5, 5.41) is 4.94. The summed E-state index contributed by atoms with van der Waals surface area (Å²) >= 11 is 0. The number of hydrogen-bond donors (Lipinski definition) is 0. The minimum absolute atomic E-state index is 0. The van der Waals surface area contributed by atoms with Crippen LogP contribution in [-0.2, 0) is 26.5 Å². The molecule has 0 fully saturated rings. The molecule has 0 N–H and O–H groups in total. The van der Waals surface area contributed by atoms with Crippen molar-refractivity contribution >= 4 is 21.5 Å². The Labute approximate surface area is 289 Å². The molecule has 0 unspecified atom stereocenters. The van der Waals surface area contributed by atoms with Gasteiger partial charge in [0.1, 0.15) is 0 Å². The van der Waals surface area contributed by atoms with Gasteiger partial charge in [-0.15, -0.1) is 65.2 Å². The van der Waals surface area contributed by atoms with Crippen LogP contribution in [0.25, 0.3) is 55.2 Å². The van der Waals surface area contributed by atoms with E-state index >= 15 is 0 Å². The molecule has 3 heteroatoms. The molecule has 0 bridgehead atoms. The quantitative estimate of drug-likeness (QED) is 0.131. The molecule has 0 amide bonds. The number of aryl methyl sites for hydroxylation is 2. The fraction of sp³-hybridized carbons (Fsp3) is 0.163. The van der Waals surface area contributed by atoms with E-state index in [1.165, 1.54) is 38.2 Å². The van der Waals surface area contributed by atoms with Crippen molar-refractivity contribution in [1.29, 1.82) is 0 Å². The molecule has 5 aromatic carbocycles. The third kappa shape index (κ3) is 7.85. The van der Waals surface area contributed by atoms with Gasteiger partial charge in [0.05, 0.1) is 0 Å². The van der Waals surface area contributed by atoms with Gasteiger partial charge in [-0.1, -0.05) is 117 Å². The third-order valence-corrected chi connectivity index (χ3v) is 7.60. The molecule has 0 saturated heterocycles. The second-order valence-electron chi connectivity index (χ2n) is 12.5. The summed E-state index contributed by atoms with van der Waals surface area (Å²) in [7, 11) is 0. The van der Waals surface area contributed by atoms with E-state index in [1.54, 1.807) is 12.3 Å². The summed E-state index contributed by atoms with van der Waals surface area (Å²) in [6, 6.07) is 45.8. The van der Waals surface area contributed by atoms with Crippen molar-refractivity contribution in [3.05, 3.63) is 156 Å². The van der Waals surface area contributed by atoms with Crippen molar-refractivity contribution in [2.45, 2.75) is 41.0 Å². The van der Waals surface area contributed by atoms with Crippen molar-refractivity contribution in [1.82, 2.24) is 9.97 Å². The second-order valence-corrected chi connectivity index (χ2v) is 12.5. The SMILES string of the molecule is Cc1c[c-]c(-c2ccc(C)cn2)cc1.[2H]C([2H])(c1ccnc(-c2[c-]cc(-c3cc4ccccc4c4ccccc34)cc2)c1)C(C)(C)C.[Ir]. The molecule has 2 nitrogen and oxygen atoms in total. The summed E-state index contributed by atoms with van der Waals surface area (Å²) in [4.78, 5) is 8.85. The zero-order valence-corrected chi connectivity index (χ0v) is 29.2. The van der Waals surface area contributed by atoms with Gasteiger partial charge in [0.15, 0.2) is 0 Å². The first-order valence-electron chi connectivity index (χ1n) is 16.3. The zero-order valence-electron chi connectivity index (χ0n) is 28.9. The van der Waals surface area contributed by atoms with Gasteiger partial charge in [-0.25, -0.2) is 0 Å². The molecular weight excluding hydrogens is 737 g/mol. The Hall–Kier alpha value is -4.43. The van der Waals surface area contributed by atoms with Gasteiger partial charge in [0.25, 0.3) is 0 Å². The molecule has 7 rings (SSSR count). The molecule has 0 saturated carbocycles. The van der Waals surface area contributed by atoms with E-state index in [0.717, 1.165) is 28.1 Å². The Balaban J connectivity index is 0.000000252. The Bertz CT molecular complexity index is 2110. The number of rotatable bonds is 4. The van der Waals surface area contributed by atoms with Gasteiger partial charge < -0.3 is 9.97 Å². The molecule has 7 aromatic rings. The van der Waals surface area contributed by atoms with Gasteiger partial charge in [0, 0.05) is 35.2 Å². The molecule has 0 spiro atoms. The summed E-state index contributed by atoms with van der Waals surface area (Å²) < 4.78 is 17.2. The molecule has 0 atom stereocenters. The number of aromatic nitrogens is 2. The minimum atomic E-state index is -1.46. The van der Waals surface area contributed by atoms with Crippen LogP contribution in [0.15, 0.2) is 128 Å². The predicted molar refractivity (Wildman–Crippen MR) is 190 cm³/mol. The smallest absolute Gasteiger partial charge is 0.0321 e. The number of hydrogen-bond acceptors (Lipinski definition) is 2. The maximum Gasteiger partial charge on any atom is 0.0321 e. The van der Waals surface area contributed by atoms with E-state index in [0.29, 0.717) is 5.56 Å². The van der Waals surface area contributed by atoms with E-state index in [1.807, 2.05) is 70.3 Å². The molecule has 0 aliphatic heterocycles. The number of fused-ring (bicyclic) bond motifs is 3. The van der Waals surface area contributed by atoms with Crippen LogP contribution < -0.4 is 0 Å². The van der Waals surface area contributed by atoms with E-state index in [4.69, 9.17) is 2.74 Å². The summed E-state index contributed by atoms with van der Waals surface area (Å²) in [5.74, 6) is 0. The standard InChI is InChI=1S/C30H26N.C13H12N.Ir/c1-30(2,3)20-21-16-17-31-29(18-21)23-14-12-22(13-15-23)28-19-24-8-4-5-9-25(24)26-10-6-7-11-27(26)28;1-10-3-6-12(7-4-10)13-8-5-11(2)9-14-13;/h4-14,16-19H,20H2,1-3H3;3-6,8-9H,1-2H3;/q2*-1;/i20D2;;. The Kier molecular flexibility index (Phi) is 9.42. The van der Waals surface area contributed by atoms with Crippen LogP contribution in [0.1, 0.15) is 40.2 Å². The second kappa shape index (κ2) is 14.3. The first-order chi connectivity index (χ1) is 22.5. The van der Waals surface area contributed by atoms with E-state index in [9.17, 15) is 0 Å². The average Bonchev–Trinajstić information content (AvgIpc) is 3.09. The van der Waals surface area contributed by atoms with Crippen LogP contribution in [0.2, 0.25) is 0 Å². The fourth-order valence-corrected chi connectivity index (χ4v) is 5.42. The first kappa shape index (κ1) is 30.2. The number of nitrogens with zero attached hydrogens (tertiary/aromatic N) is 2. The summed E-state index contributed by atoms with van der Waals surface area (Å²) in [6.45, 7) is 9.85. The summed E-state index contributed by atoms with van der Waals surface area (Å²) in [5.41, 5.74) is 8.42. The van der Waals surface area contributed by atoms with Crippen LogP contribution in [0.3, 0.4) is 0 Å². The molecule has 0 aliphatic carbocycles. The van der Waals surface area contributed by atoms with Crippen molar-refractivity contribution in [3.8, 4) is 33.6 Å². The van der Waals surface area contributed by atoms with Crippen LogP contribution in [-0.4, -0.2) is 9.97 Å². The van der Waals surface area contributed by atoms with Crippen LogP contribution in [0, 0.1) is 31.4 Å². The largest absolute Gasteiger partial charge is 0.305 e. The average molecular weight is 777 g/mol. The van der Waals surface area contributed by atoms with Crippen LogP contribution in [0.5, 0.6) is 0 Å². The monoisotopic (exact) mass is 777 g/mol. The number of pyridine rings is 2. The molecule has 2 heterocycles. The van der Waals surface area contributed by atoms with Crippen molar-refractivity contribution in [3.63, 3.8) is 0 Å². The van der Waals surface area contributed by atoms with E-state index < -0.39 is 11.8 Å². The maximum atomic E-state index is 8.60. The summed E-state index contributed by atoms with van der Waals surface area (Å²) in [6.07, 6.45) is 2.10. The topological polar surface area (TPSA) is 25.8 Å². The molecule has 231 valence electrons. The molecule has 1 radical (unpaired) electrons. The van der Waals surface area contributed by atoms with E-state index in [2.05, 4.69) is 102 Å². The van der Waals surface area contributed by atoms with Crippen LogP contribution >= 0.6 is 0 Å². The normalized spacial score (nSPS) is 12.0. The third-order valence-electron chi connectivity index (χ3n) is 7.60. The molecule has 2 aromatic heterocycles. The predicted octanol–water partition coefficient (Wildman–Crippen LogP) is 11.3. The minimum Gasteiger partial charge on any atom is -0.305 e. The van der Waals surface area contributed by atoms with Gasteiger partial charge in [-0.3, -0.25) is 0 Å². The first-order valence-corrected chi connectivity index (χ1v) is 15.3. The Morgan fingerprint density at radius 1 is 0.652 bits per heavy atom. The van der Waals surface area contributed by atoms with Gasteiger partial charge in [0.2, 0.25) is 0 Å². The van der Waals surface area contributed by atoms with Gasteiger partial charge in [-0.05, 0) is 63.3 Å². The Morgan fingerprint density at radius 3 is 2.00 bits per heavy atom. The molecular formula is C43H38IrN2-2. The number of benzene rings is 5. The van der Waals surface area contributed by atoms with Crippen molar-refractivity contribution in [2.75, 3.05) is 0 Å². The van der Waals surface area contributed by atoms with Crippen molar-refractivity contribution < 1.29 is 22.8 Å². The van der Waals surface area contributed by atoms with Gasteiger partial charge in [-0.2, -0.15) is 0 Å². The van der Waals surface area contributed by atoms with E-state index in [-0.39, 0.29) is 20.1 Å². The fourth-order valence-electron chi connectivity index (χ4n) is 5.42. The Morgan fingerprint density at radius 2 is 1.33 bits per heavy atom. The van der Waals surface area contributed by atoms with Gasteiger partial charge >= 0.3 is 0 Å². The molecule has 0 aliphatic rings.